The molecule has 2 amide bonds. The fraction of sp³-hybridized carbons (Fsp3) is 0.533. The van der Waals surface area contributed by atoms with Crippen LogP contribution in [0.1, 0.15) is 34.6 Å². The Morgan fingerprint density at radius 3 is 2.11 bits per heavy atom. The van der Waals surface area contributed by atoms with E-state index in [0.717, 1.165) is 11.4 Å². The van der Waals surface area contributed by atoms with E-state index in [9.17, 15) is 4.79 Å². The Kier molecular flexibility index (Phi) is 5.21. The predicted molar refractivity (Wildman–Crippen MR) is 78.8 cm³/mol. The molecule has 0 saturated carbocycles. The minimum absolute atomic E-state index is 0.0745. The van der Waals surface area contributed by atoms with Gasteiger partial charge < -0.3 is 15.0 Å². The zero-order chi connectivity index (χ0) is 14.5. The average Bonchev–Trinajstić information content (AvgIpc) is 2.31. The van der Waals surface area contributed by atoms with E-state index in [0.29, 0.717) is 13.1 Å². The molecule has 4 heteroatoms. The molecule has 0 aliphatic heterocycles. The van der Waals surface area contributed by atoms with Gasteiger partial charge in [0, 0.05) is 18.8 Å². The number of carbonyl (C=O) groups is 1. The molecule has 4 nitrogen and oxygen atoms in total. The second-order valence-corrected chi connectivity index (χ2v) is 5.34. The van der Waals surface area contributed by atoms with Crippen LogP contribution >= 0.6 is 0 Å². The summed E-state index contributed by atoms with van der Waals surface area (Å²) < 4.78 is 5.73. The summed E-state index contributed by atoms with van der Waals surface area (Å²) in [4.78, 5) is 13.6. The van der Waals surface area contributed by atoms with Gasteiger partial charge in [-0.15, -0.1) is 0 Å². The lowest BCUT2D eigenvalue weighted by Gasteiger charge is -2.22. The van der Waals surface area contributed by atoms with E-state index in [2.05, 4.69) is 5.32 Å². The van der Waals surface area contributed by atoms with Gasteiger partial charge in [-0.2, -0.15) is 0 Å². The van der Waals surface area contributed by atoms with Crippen molar-refractivity contribution in [3.8, 4) is 5.75 Å². The fourth-order valence-electron chi connectivity index (χ4n) is 1.67. The van der Waals surface area contributed by atoms with E-state index < -0.39 is 0 Å². The number of amides is 2. The van der Waals surface area contributed by atoms with Crippen molar-refractivity contribution >= 4 is 11.7 Å². The summed E-state index contributed by atoms with van der Waals surface area (Å²) >= 11 is 0. The minimum atomic E-state index is -0.216. The summed E-state index contributed by atoms with van der Waals surface area (Å²) in [7, 11) is 0. The summed E-state index contributed by atoms with van der Waals surface area (Å²) in [5, 5.41) is 2.87. The van der Waals surface area contributed by atoms with Crippen LogP contribution in [0.15, 0.2) is 24.3 Å². The standard InChI is InChI=1S/C15H24N2O2/c1-6-17(7-2)14(18)16-12-8-10-13(11-9-12)19-15(3,4)5/h8-11H,6-7H2,1-5H3,(H,16,18). The summed E-state index contributed by atoms with van der Waals surface area (Å²) in [5.41, 5.74) is 0.560. The molecule has 0 unspecified atom stereocenters. The molecule has 19 heavy (non-hydrogen) atoms. The SMILES string of the molecule is CCN(CC)C(=O)Nc1ccc(OC(C)(C)C)cc1. The smallest absolute Gasteiger partial charge is 0.321 e. The van der Waals surface area contributed by atoms with Crippen molar-refractivity contribution < 1.29 is 9.53 Å². The second kappa shape index (κ2) is 6.45. The van der Waals surface area contributed by atoms with Gasteiger partial charge in [0.05, 0.1) is 0 Å². The number of anilines is 1. The first-order valence-electron chi connectivity index (χ1n) is 6.70. The number of benzene rings is 1. The Hall–Kier alpha value is -1.71. The highest BCUT2D eigenvalue weighted by molar-refractivity contribution is 5.89. The number of hydrogen-bond donors (Lipinski definition) is 1. The summed E-state index contributed by atoms with van der Waals surface area (Å²) in [5.74, 6) is 0.799. The van der Waals surface area contributed by atoms with Crippen LogP contribution in [0.5, 0.6) is 5.75 Å². The number of hydrogen-bond acceptors (Lipinski definition) is 2. The van der Waals surface area contributed by atoms with Crippen LogP contribution in [-0.4, -0.2) is 29.6 Å². The maximum atomic E-state index is 11.9. The molecule has 1 aromatic rings. The number of ether oxygens (including phenoxy) is 1. The number of carbonyl (C=O) groups excluding carboxylic acids is 1. The topological polar surface area (TPSA) is 41.6 Å². The molecule has 1 rings (SSSR count). The molecule has 0 bridgehead atoms. The number of rotatable bonds is 4. The van der Waals surface area contributed by atoms with E-state index in [1.807, 2.05) is 58.9 Å². The van der Waals surface area contributed by atoms with Crippen molar-refractivity contribution in [2.75, 3.05) is 18.4 Å². The van der Waals surface area contributed by atoms with E-state index in [-0.39, 0.29) is 11.6 Å². The molecule has 106 valence electrons. The molecule has 0 spiro atoms. The van der Waals surface area contributed by atoms with Crippen LogP contribution in [-0.2, 0) is 0 Å². The number of nitrogens with one attached hydrogen (secondary N) is 1. The summed E-state index contributed by atoms with van der Waals surface area (Å²) in [6, 6.07) is 7.35. The molecular formula is C15H24N2O2. The molecular weight excluding hydrogens is 240 g/mol. The Balaban J connectivity index is 2.64. The Labute approximate surface area is 115 Å². The third kappa shape index (κ3) is 5.20. The van der Waals surface area contributed by atoms with Gasteiger partial charge in [0.15, 0.2) is 0 Å². The Bertz CT molecular complexity index is 403. The van der Waals surface area contributed by atoms with Crippen molar-refractivity contribution in [2.24, 2.45) is 0 Å². The number of urea groups is 1. The van der Waals surface area contributed by atoms with Gasteiger partial charge in [0.25, 0.3) is 0 Å². The Morgan fingerprint density at radius 2 is 1.68 bits per heavy atom. The molecule has 1 N–H and O–H groups in total. The second-order valence-electron chi connectivity index (χ2n) is 5.34. The van der Waals surface area contributed by atoms with E-state index in [1.54, 1.807) is 4.90 Å². The zero-order valence-electron chi connectivity index (χ0n) is 12.5. The molecule has 0 aromatic heterocycles. The van der Waals surface area contributed by atoms with Gasteiger partial charge in [-0.3, -0.25) is 0 Å². The molecule has 0 saturated heterocycles. The average molecular weight is 264 g/mol. The van der Waals surface area contributed by atoms with Gasteiger partial charge in [0.1, 0.15) is 11.4 Å². The van der Waals surface area contributed by atoms with Gasteiger partial charge in [-0.1, -0.05) is 0 Å². The van der Waals surface area contributed by atoms with Crippen molar-refractivity contribution in [3.63, 3.8) is 0 Å². The lowest BCUT2D eigenvalue weighted by Crippen LogP contribution is -2.34. The van der Waals surface area contributed by atoms with Crippen molar-refractivity contribution in [3.05, 3.63) is 24.3 Å². The van der Waals surface area contributed by atoms with Crippen LogP contribution in [0.4, 0.5) is 10.5 Å². The highest BCUT2D eigenvalue weighted by atomic mass is 16.5. The first-order chi connectivity index (χ1) is 8.85. The highest BCUT2D eigenvalue weighted by Crippen LogP contribution is 2.20. The Morgan fingerprint density at radius 1 is 1.16 bits per heavy atom. The fourth-order valence-corrected chi connectivity index (χ4v) is 1.67. The van der Waals surface area contributed by atoms with Gasteiger partial charge in [0.2, 0.25) is 0 Å². The van der Waals surface area contributed by atoms with E-state index in [4.69, 9.17) is 4.74 Å². The van der Waals surface area contributed by atoms with Gasteiger partial charge >= 0.3 is 6.03 Å². The minimum Gasteiger partial charge on any atom is -0.488 e. The summed E-state index contributed by atoms with van der Waals surface area (Å²) in [6.45, 7) is 11.3. The lowest BCUT2D eigenvalue weighted by molar-refractivity contribution is 0.131. The van der Waals surface area contributed by atoms with Crippen LogP contribution in [0.3, 0.4) is 0 Å². The van der Waals surface area contributed by atoms with Crippen LogP contribution in [0.25, 0.3) is 0 Å². The first-order valence-corrected chi connectivity index (χ1v) is 6.70. The zero-order valence-corrected chi connectivity index (χ0v) is 12.5. The maximum Gasteiger partial charge on any atom is 0.321 e. The van der Waals surface area contributed by atoms with Crippen molar-refractivity contribution in [2.45, 2.75) is 40.2 Å². The summed E-state index contributed by atoms with van der Waals surface area (Å²) in [6.07, 6.45) is 0. The van der Waals surface area contributed by atoms with E-state index in [1.165, 1.54) is 0 Å². The third-order valence-electron chi connectivity index (χ3n) is 2.58. The molecule has 0 radical (unpaired) electrons. The first kappa shape index (κ1) is 15.3. The molecule has 0 atom stereocenters. The van der Waals surface area contributed by atoms with Gasteiger partial charge in [-0.05, 0) is 58.9 Å². The third-order valence-corrected chi connectivity index (χ3v) is 2.58. The van der Waals surface area contributed by atoms with Gasteiger partial charge in [-0.25, -0.2) is 4.79 Å². The predicted octanol–water partition coefficient (Wildman–Crippen LogP) is 3.74. The van der Waals surface area contributed by atoms with Crippen molar-refractivity contribution in [1.82, 2.24) is 4.90 Å². The molecule has 0 aliphatic carbocycles. The number of nitrogens with zero attached hydrogens (tertiary/aromatic N) is 1. The van der Waals surface area contributed by atoms with Crippen LogP contribution in [0.2, 0.25) is 0 Å². The van der Waals surface area contributed by atoms with Crippen LogP contribution < -0.4 is 10.1 Å². The largest absolute Gasteiger partial charge is 0.488 e. The normalized spacial score (nSPS) is 11.0. The quantitative estimate of drug-likeness (QED) is 0.900. The molecule has 1 aromatic carbocycles. The van der Waals surface area contributed by atoms with Crippen LogP contribution in [0, 0.1) is 0 Å². The molecule has 0 aliphatic rings. The molecule has 0 fully saturated rings. The van der Waals surface area contributed by atoms with Crippen molar-refractivity contribution in [1.29, 1.82) is 0 Å². The highest BCUT2D eigenvalue weighted by Gasteiger charge is 2.12. The van der Waals surface area contributed by atoms with E-state index >= 15 is 0 Å². The maximum absolute atomic E-state index is 11.9. The molecule has 0 heterocycles. The monoisotopic (exact) mass is 264 g/mol. The lowest BCUT2D eigenvalue weighted by atomic mass is 10.2.